The van der Waals surface area contributed by atoms with Crippen LogP contribution in [0.3, 0.4) is 0 Å². The van der Waals surface area contributed by atoms with E-state index in [1.54, 1.807) is 0 Å². The van der Waals surface area contributed by atoms with Crippen LogP contribution >= 0.6 is 0 Å². The molecule has 3 nitrogen and oxygen atoms in total. The SMILES string of the molecule is C=C(CCC)[n+]1ccc(CC(C)(C)C)cc1-c1c(CCC)ccc2c1oc1nc(-c3ccccc3)ccc12. The van der Waals surface area contributed by atoms with Gasteiger partial charge in [0.1, 0.15) is 0 Å². The van der Waals surface area contributed by atoms with E-state index < -0.39 is 0 Å². The summed E-state index contributed by atoms with van der Waals surface area (Å²) in [6.45, 7) is 15.8. The van der Waals surface area contributed by atoms with Crippen LogP contribution in [0.15, 0.2) is 83.9 Å². The van der Waals surface area contributed by atoms with Crippen LogP contribution in [0, 0.1) is 5.41 Å². The van der Waals surface area contributed by atoms with Gasteiger partial charge in [-0.3, -0.25) is 0 Å². The monoisotopic (exact) mass is 503 g/mol. The number of nitrogens with zero attached hydrogens (tertiary/aromatic N) is 2. The quantitative estimate of drug-likeness (QED) is 0.197. The van der Waals surface area contributed by atoms with Crippen LogP contribution in [0.25, 0.3) is 50.3 Å². The summed E-state index contributed by atoms with van der Waals surface area (Å²) in [5, 5.41) is 2.16. The highest BCUT2D eigenvalue weighted by atomic mass is 16.3. The first kappa shape index (κ1) is 25.9. The Kier molecular flexibility index (Phi) is 7.21. The van der Waals surface area contributed by atoms with E-state index in [9.17, 15) is 0 Å². The highest BCUT2D eigenvalue weighted by Gasteiger charge is 2.26. The lowest BCUT2D eigenvalue weighted by molar-refractivity contribution is -0.571. The molecule has 194 valence electrons. The summed E-state index contributed by atoms with van der Waals surface area (Å²) in [7, 11) is 0. The number of hydrogen-bond acceptors (Lipinski definition) is 2. The number of aryl methyl sites for hydroxylation is 1. The van der Waals surface area contributed by atoms with Gasteiger partial charge in [0.15, 0.2) is 17.5 Å². The zero-order chi connectivity index (χ0) is 26.9. The molecule has 2 aromatic carbocycles. The highest BCUT2D eigenvalue weighted by Crippen LogP contribution is 2.38. The van der Waals surface area contributed by atoms with E-state index in [1.165, 1.54) is 11.1 Å². The van der Waals surface area contributed by atoms with E-state index in [2.05, 4.69) is 100 Å². The molecule has 0 amide bonds. The fourth-order valence-electron chi connectivity index (χ4n) is 5.43. The summed E-state index contributed by atoms with van der Waals surface area (Å²) < 4.78 is 8.95. The van der Waals surface area contributed by atoms with Crippen LogP contribution in [0.4, 0.5) is 0 Å². The third kappa shape index (κ3) is 5.15. The van der Waals surface area contributed by atoms with Crippen LogP contribution in [0.1, 0.15) is 65.0 Å². The summed E-state index contributed by atoms with van der Waals surface area (Å²) in [6, 6.07) is 23.6. The predicted molar refractivity (Wildman–Crippen MR) is 160 cm³/mol. The molecule has 5 aromatic rings. The molecule has 0 aliphatic heterocycles. The highest BCUT2D eigenvalue weighted by molar-refractivity contribution is 6.09. The fraction of sp³-hybridized carbons (Fsp3) is 0.314. The topological polar surface area (TPSA) is 29.9 Å². The predicted octanol–water partition coefficient (Wildman–Crippen LogP) is 9.41. The Bertz CT molecular complexity index is 1600. The number of rotatable bonds is 8. The maximum Gasteiger partial charge on any atom is 0.227 e. The van der Waals surface area contributed by atoms with Gasteiger partial charge in [-0.1, -0.05) is 83.5 Å². The van der Waals surface area contributed by atoms with Crippen LogP contribution in [-0.4, -0.2) is 4.98 Å². The molecule has 0 N–H and O–H groups in total. The van der Waals surface area contributed by atoms with E-state index in [1.807, 2.05) is 18.2 Å². The van der Waals surface area contributed by atoms with Crippen molar-refractivity contribution in [3.63, 3.8) is 0 Å². The second-order valence-corrected chi connectivity index (χ2v) is 11.6. The largest absolute Gasteiger partial charge is 0.437 e. The summed E-state index contributed by atoms with van der Waals surface area (Å²) in [5.74, 6) is 0. The molecule has 0 saturated heterocycles. The number of furan rings is 1. The van der Waals surface area contributed by atoms with Gasteiger partial charge >= 0.3 is 0 Å². The lowest BCUT2D eigenvalue weighted by Crippen LogP contribution is -2.35. The fourth-order valence-corrected chi connectivity index (χ4v) is 5.43. The van der Waals surface area contributed by atoms with Gasteiger partial charge in [-0.25, -0.2) is 4.98 Å². The smallest absolute Gasteiger partial charge is 0.227 e. The third-order valence-electron chi connectivity index (χ3n) is 7.07. The molecule has 3 heterocycles. The van der Waals surface area contributed by atoms with E-state index >= 15 is 0 Å². The van der Waals surface area contributed by atoms with Gasteiger partial charge in [0.05, 0.1) is 11.3 Å². The zero-order valence-electron chi connectivity index (χ0n) is 23.5. The van der Waals surface area contributed by atoms with Crippen molar-refractivity contribution in [2.75, 3.05) is 0 Å². The van der Waals surface area contributed by atoms with Crippen LogP contribution in [0.5, 0.6) is 0 Å². The molecule has 0 bridgehead atoms. The summed E-state index contributed by atoms with van der Waals surface area (Å²) in [4.78, 5) is 4.96. The van der Waals surface area contributed by atoms with Crippen molar-refractivity contribution < 1.29 is 8.98 Å². The molecule has 0 aliphatic rings. The lowest BCUT2D eigenvalue weighted by Gasteiger charge is -2.18. The second kappa shape index (κ2) is 10.6. The molecule has 38 heavy (non-hydrogen) atoms. The number of pyridine rings is 2. The first-order chi connectivity index (χ1) is 18.3. The van der Waals surface area contributed by atoms with E-state index in [0.29, 0.717) is 5.71 Å². The summed E-state index contributed by atoms with van der Waals surface area (Å²) in [6.07, 6.45) is 7.25. The normalized spacial score (nSPS) is 11.9. The Morgan fingerprint density at radius 3 is 2.39 bits per heavy atom. The van der Waals surface area contributed by atoms with E-state index in [-0.39, 0.29) is 5.41 Å². The zero-order valence-corrected chi connectivity index (χ0v) is 23.5. The van der Waals surface area contributed by atoms with Crippen LogP contribution in [-0.2, 0) is 12.8 Å². The molecule has 0 fully saturated rings. The molecular weight excluding hydrogens is 464 g/mol. The van der Waals surface area contributed by atoms with Crippen molar-refractivity contribution in [1.29, 1.82) is 0 Å². The Morgan fingerprint density at radius 1 is 0.921 bits per heavy atom. The molecule has 3 aromatic heterocycles. The van der Waals surface area contributed by atoms with Gasteiger partial charge in [-0.05, 0) is 54.5 Å². The molecule has 0 atom stereocenters. The average molecular weight is 504 g/mol. The molecular formula is C35H39N2O+. The van der Waals surface area contributed by atoms with Crippen molar-refractivity contribution in [3.05, 3.63) is 90.6 Å². The molecule has 0 saturated carbocycles. The van der Waals surface area contributed by atoms with Crippen molar-refractivity contribution in [2.24, 2.45) is 5.41 Å². The van der Waals surface area contributed by atoms with Crippen molar-refractivity contribution in [3.8, 4) is 22.5 Å². The summed E-state index contributed by atoms with van der Waals surface area (Å²) >= 11 is 0. The first-order valence-electron chi connectivity index (χ1n) is 13.9. The van der Waals surface area contributed by atoms with Gasteiger partial charge in [0.25, 0.3) is 0 Å². The Morgan fingerprint density at radius 2 is 1.68 bits per heavy atom. The van der Waals surface area contributed by atoms with Gasteiger partial charge in [-0.2, -0.15) is 4.57 Å². The van der Waals surface area contributed by atoms with Crippen molar-refractivity contribution in [2.45, 2.75) is 66.7 Å². The number of fused-ring (bicyclic) bond motifs is 3. The maximum atomic E-state index is 6.67. The number of aromatic nitrogens is 2. The van der Waals surface area contributed by atoms with Crippen molar-refractivity contribution >= 4 is 27.8 Å². The molecule has 0 unspecified atom stereocenters. The Balaban J connectivity index is 1.78. The van der Waals surface area contributed by atoms with Gasteiger partial charge < -0.3 is 4.42 Å². The van der Waals surface area contributed by atoms with Gasteiger partial charge in [-0.15, -0.1) is 0 Å². The number of benzene rings is 2. The van der Waals surface area contributed by atoms with Crippen LogP contribution < -0.4 is 4.57 Å². The summed E-state index contributed by atoms with van der Waals surface area (Å²) in [5.41, 5.74) is 9.84. The Hall–Kier alpha value is -3.72. The third-order valence-corrected chi connectivity index (χ3v) is 7.07. The minimum Gasteiger partial charge on any atom is -0.437 e. The van der Waals surface area contributed by atoms with E-state index in [4.69, 9.17) is 9.40 Å². The molecule has 5 rings (SSSR count). The van der Waals surface area contributed by atoms with Gasteiger partial charge in [0, 0.05) is 34.9 Å². The van der Waals surface area contributed by atoms with Crippen LogP contribution in [0.2, 0.25) is 0 Å². The number of hydrogen-bond donors (Lipinski definition) is 0. The minimum absolute atomic E-state index is 0.194. The number of allylic oxidation sites excluding steroid dienone is 1. The van der Waals surface area contributed by atoms with E-state index in [0.717, 1.165) is 76.7 Å². The maximum absolute atomic E-state index is 6.67. The second-order valence-electron chi connectivity index (χ2n) is 11.6. The lowest BCUT2D eigenvalue weighted by atomic mass is 9.87. The van der Waals surface area contributed by atoms with Gasteiger partial charge in [0.2, 0.25) is 11.4 Å². The molecule has 3 heteroatoms. The standard InChI is InChI=1S/C35H39N2O/c1-7-12-24(3)37-21-20-25(23-35(4,5)6)22-31(37)32-27(13-8-2)16-17-28-29-18-19-30(26-14-10-9-11-15-26)36-34(29)38-33(28)32/h9-11,14-22H,3,7-8,12-13,23H2,1-2,4-6H3/q+1. The first-order valence-corrected chi connectivity index (χ1v) is 13.9. The average Bonchev–Trinajstić information content (AvgIpc) is 3.26. The molecule has 0 radical (unpaired) electrons. The molecule has 0 spiro atoms. The minimum atomic E-state index is 0.194. The Labute approximate surface area is 226 Å². The molecule has 0 aliphatic carbocycles. The van der Waals surface area contributed by atoms with Crippen molar-refractivity contribution in [1.82, 2.24) is 4.98 Å².